The van der Waals surface area contributed by atoms with Gasteiger partial charge in [-0.1, -0.05) is 6.92 Å². The Kier molecular flexibility index (Phi) is 5.25. The molecule has 1 unspecified atom stereocenters. The highest BCUT2D eigenvalue weighted by Crippen LogP contribution is 1.98. The summed E-state index contributed by atoms with van der Waals surface area (Å²) in [5.74, 6) is -0.0307. The van der Waals surface area contributed by atoms with E-state index < -0.39 is 0 Å². The van der Waals surface area contributed by atoms with Gasteiger partial charge in [0.1, 0.15) is 0 Å². The van der Waals surface area contributed by atoms with Crippen molar-refractivity contribution >= 4 is 11.8 Å². The Morgan fingerprint density at radius 3 is 2.88 bits per heavy atom. The molecule has 1 aliphatic rings. The van der Waals surface area contributed by atoms with Gasteiger partial charge in [0.2, 0.25) is 11.8 Å². The third kappa shape index (κ3) is 4.18. The lowest BCUT2D eigenvalue weighted by molar-refractivity contribution is -0.133. The van der Waals surface area contributed by atoms with Crippen molar-refractivity contribution < 1.29 is 9.59 Å². The maximum absolute atomic E-state index is 11.7. The number of piperazine rings is 1. The molecule has 1 aliphatic heterocycles. The third-order valence-corrected chi connectivity index (χ3v) is 2.64. The molecule has 1 rings (SSSR count). The molecule has 1 fully saturated rings. The van der Waals surface area contributed by atoms with E-state index in [1.807, 2.05) is 6.92 Å². The number of amides is 2. The van der Waals surface area contributed by atoms with Crippen LogP contribution in [0.25, 0.3) is 0 Å². The summed E-state index contributed by atoms with van der Waals surface area (Å²) in [5, 5.41) is 5.92. The lowest BCUT2D eigenvalue weighted by atomic mass is 10.2. The molecular weight excluding hydrogens is 206 g/mol. The zero-order valence-corrected chi connectivity index (χ0v) is 10.1. The van der Waals surface area contributed by atoms with E-state index in [9.17, 15) is 9.59 Å². The van der Waals surface area contributed by atoms with E-state index in [1.54, 1.807) is 4.90 Å². The average Bonchev–Trinajstić information content (AvgIpc) is 2.26. The van der Waals surface area contributed by atoms with Crippen LogP contribution in [0.1, 0.15) is 26.7 Å². The van der Waals surface area contributed by atoms with E-state index in [1.165, 1.54) is 0 Å². The summed E-state index contributed by atoms with van der Waals surface area (Å²) in [6, 6.07) is 0.337. The van der Waals surface area contributed by atoms with Gasteiger partial charge >= 0.3 is 0 Å². The molecule has 1 atom stereocenters. The first-order valence-electron chi connectivity index (χ1n) is 5.91. The van der Waals surface area contributed by atoms with Crippen LogP contribution < -0.4 is 10.6 Å². The molecule has 16 heavy (non-hydrogen) atoms. The number of nitrogens with one attached hydrogen (secondary N) is 2. The number of carbonyl (C=O) groups excluding carboxylic acids is 2. The van der Waals surface area contributed by atoms with Crippen LogP contribution in [0, 0.1) is 0 Å². The summed E-state index contributed by atoms with van der Waals surface area (Å²) in [6.45, 7) is 6.41. The second-order valence-corrected chi connectivity index (χ2v) is 4.22. The largest absolute Gasteiger partial charge is 0.347 e. The van der Waals surface area contributed by atoms with Crippen molar-refractivity contribution in [3.63, 3.8) is 0 Å². The highest BCUT2D eigenvalue weighted by molar-refractivity contribution is 5.84. The van der Waals surface area contributed by atoms with Crippen LogP contribution in [0.3, 0.4) is 0 Å². The fourth-order valence-electron chi connectivity index (χ4n) is 1.76. The highest BCUT2D eigenvalue weighted by atomic mass is 16.2. The Balaban J connectivity index is 2.26. The minimum Gasteiger partial charge on any atom is -0.347 e. The van der Waals surface area contributed by atoms with Gasteiger partial charge in [-0.25, -0.2) is 0 Å². The van der Waals surface area contributed by atoms with E-state index in [-0.39, 0.29) is 18.4 Å². The molecule has 5 nitrogen and oxygen atoms in total. The van der Waals surface area contributed by atoms with Crippen molar-refractivity contribution in [2.24, 2.45) is 0 Å². The maximum atomic E-state index is 11.7. The topological polar surface area (TPSA) is 61.4 Å². The Labute approximate surface area is 96.6 Å². The second kappa shape index (κ2) is 6.48. The molecule has 1 heterocycles. The molecule has 92 valence electrons. The third-order valence-electron chi connectivity index (χ3n) is 2.64. The van der Waals surface area contributed by atoms with Crippen LogP contribution >= 0.6 is 0 Å². The van der Waals surface area contributed by atoms with Crippen molar-refractivity contribution in [3.05, 3.63) is 0 Å². The molecule has 0 aliphatic carbocycles. The fraction of sp³-hybridized carbons (Fsp3) is 0.818. The van der Waals surface area contributed by atoms with Crippen molar-refractivity contribution in [2.45, 2.75) is 32.7 Å². The van der Waals surface area contributed by atoms with Gasteiger partial charge in [-0.15, -0.1) is 0 Å². The van der Waals surface area contributed by atoms with Crippen molar-refractivity contribution in [1.29, 1.82) is 0 Å². The van der Waals surface area contributed by atoms with Gasteiger partial charge in [0.15, 0.2) is 0 Å². The van der Waals surface area contributed by atoms with Gasteiger partial charge in [0.25, 0.3) is 0 Å². The smallest absolute Gasteiger partial charge is 0.242 e. The van der Waals surface area contributed by atoms with Gasteiger partial charge in [0, 0.05) is 32.1 Å². The fourth-order valence-corrected chi connectivity index (χ4v) is 1.76. The maximum Gasteiger partial charge on any atom is 0.242 e. The minimum absolute atomic E-state index is 0.0119. The molecule has 1 saturated heterocycles. The molecule has 0 aromatic rings. The Morgan fingerprint density at radius 2 is 2.25 bits per heavy atom. The Bertz CT molecular complexity index is 256. The van der Waals surface area contributed by atoms with E-state index in [0.29, 0.717) is 12.5 Å². The van der Waals surface area contributed by atoms with Crippen LogP contribution in [-0.2, 0) is 9.59 Å². The molecular formula is C11H21N3O2. The van der Waals surface area contributed by atoms with Gasteiger partial charge in [0.05, 0.1) is 6.54 Å². The zero-order chi connectivity index (χ0) is 12.0. The average molecular weight is 227 g/mol. The van der Waals surface area contributed by atoms with Crippen molar-refractivity contribution in [3.8, 4) is 0 Å². The number of hydrogen-bond acceptors (Lipinski definition) is 3. The number of rotatable bonds is 4. The van der Waals surface area contributed by atoms with E-state index in [4.69, 9.17) is 0 Å². The first kappa shape index (κ1) is 13.0. The van der Waals surface area contributed by atoms with E-state index in [2.05, 4.69) is 17.6 Å². The quantitative estimate of drug-likeness (QED) is 0.694. The molecule has 0 aromatic carbocycles. The molecule has 0 radical (unpaired) electrons. The summed E-state index contributed by atoms with van der Waals surface area (Å²) in [5.41, 5.74) is 0. The molecule has 0 aromatic heterocycles. The highest BCUT2D eigenvalue weighted by Gasteiger charge is 2.20. The molecule has 2 amide bonds. The van der Waals surface area contributed by atoms with Crippen LogP contribution in [0.2, 0.25) is 0 Å². The first-order chi connectivity index (χ1) is 7.63. The van der Waals surface area contributed by atoms with Gasteiger partial charge in [-0.3, -0.25) is 9.59 Å². The summed E-state index contributed by atoms with van der Waals surface area (Å²) in [6.07, 6.45) is 1.30. The molecule has 0 saturated carbocycles. The number of nitrogens with zero attached hydrogens (tertiary/aromatic N) is 1. The normalized spacial score (nSPS) is 20.6. The SMILES string of the molecule is CCCC(=O)NCC(=O)N1CCNC(C)C1. The number of carbonyl (C=O) groups is 2. The zero-order valence-electron chi connectivity index (χ0n) is 10.1. The molecule has 2 N–H and O–H groups in total. The van der Waals surface area contributed by atoms with Gasteiger partial charge in [-0.05, 0) is 13.3 Å². The first-order valence-corrected chi connectivity index (χ1v) is 5.91. The Morgan fingerprint density at radius 1 is 1.50 bits per heavy atom. The Hall–Kier alpha value is -1.10. The molecule has 0 bridgehead atoms. The van der Waals surface area contributed by atoms with Crippen molar-refractivity contribution in [2.75, 3.05) is 26.2 Å². The van der Waals surface area contributed by atoms with Crippen LogP contribution in [0.5, 0.6) is 0 Å². The lowest BCUT2D eigenvalue weighted by Crippen LogP contribution is -2.53. The minimum atomic E-state index is -0.0426. The van der Waals surface area contributed by atoms with E-state index >= 15 is 0 Å². The summed E-state index contributed by atoms with van der Waals surface area (Å²) < 4.78 is 0. The van der Waals surface area contributed by atoms with Crippen LogP contribution in [-0.4, -0.2) is 48.9 Å². The lowest BCUT2D eigenvalue weighted by Gasteiger charge is -2.31. The molecule has 0 spiro atoms. The van der Waals surface area contributed by atoms with Gasteiger partial charge < -0.3 is 15.5 Å². The predicted molar refractivity (Wildman–Crippen MR) is 62.0 cm³/mol. The predicted octanol–water partition coefficient (Wildman–Crippen LogP) is -0.277. The van der Waals surface area contributed by atoms with Gasteiger partial charge in [-0.2, -0.15) is 0 Å². The number of hydrogen-bond donors (Lipinski definition) is 2. The second-order valence-electron chi connectivity index (χ2n) is 4.22. The summed E-state index contributed by atoms with van der Waals surface area (Å²) in [7, 11) is 0. The van der Waals surface area contributed by atoms with E-state index in [0.717, 1.165) is 26.1 Å². The summed E-state index contributed by atoms with van der Waals surface area (Å²) >= 11 is 0. The van der Waals surface area contributed by atoms with Crippen molar-refractivity contribution in [1.82, 2.24) is 15.5 Å². The van der Waals surface area contributed by atoms with Crippen LogP contribution in [0.4, 0.5) is 0 Å². The molecule has 5 heteroatoms. The monoisotopic (exact) mass is 227 g/mol. The standard InChI is InChI=1S/C11H21N3O2/c1-3-4-10(15)13-7-11(16)14-6-5-12-9(2)8-14/h9,12H,3-8H2,1-2H3,(H,13,15). The van der Waals surface area contributed by atoms with Crippen LogP contribution in [0.15, 0.2) is 0 Å². The summed E-state index contributed by atoms with van der Waals surface area (Å²) in [4.78, 5) is 24.7.